The molecule has 0 aromatic carbocycles. The number of aliphatic imine (C=N–C) groups is 4. The summed E-state index contributed by atoms with van der Waals surface area (Å²) < 4.78 is 0. The van der Waals surface area contributed by atoms with Gasteiger partial charge in [0, 0.05) is 23.7 Å². The van der Waals surface area contributed by atoms with Gasteiger partial charge in [-0.15, -0.1) is 0 Å². The molecule has 0 spiro atoms. The van der Waals surface area contributed by atoms with Crippen LogP contribution in [0.25, 0.3) is 0 Å². The van der Waals surface area contributed by atoms with Crippen molar-refractivity contribution in [2.45, 2.75) is 101 Å². The first-order chi connectivity index (χ1) is 15.7. The molecule has 2 unspecified atom stereocenters. The third-order valence-electron chi connectivity index (χ3n) is 8.19. The van der Waals surface area contributed by atoms with E-state index in [4.69, 9.17) is 0 Å². The lowest BCUT2D eigenvalue weighted by molar-refractivity contribution is 0.0470. The quantitative estimate of drug-likeness (QED) is 0.402. The normalized spacial score (nSPS) is 28.4. The van der Waals surface area contributed by atoms with E-state index in [9.17, 15) is 19.2 Å². The first kappa shape index (κ1) is 24.2. The molecule has 0 heterocycles. The highest BCUT2D eigenvalue weighted by Crippen LogP contribution is 2.52. The molecule has 0 aromatic heterocycles. The first-order valence-electron chi connectivity index (χ1n) is 12.0. The van der Waals surface area contributed by atoms with Gasteiger partial charge in [-0.2, -0.15) is 20.0 Å². The number of carbonyl (C=O) groups excluding carboxylic acids is 4. The second-order valence-corrected chi connectivity index (χ2v) is 9.61. The minimum absolute atomic E-state index is 0.0314. The van der Waals surface area contributed by atoms with E-state index < -0.39 is 11.3 Å². The number of isocyanates is 4. The predicted molar refractivity (Wildman–Crippen MR) is 117 cm³/mol. The van der Waals surface area contributed by atoms with E-state index in [2.05, 4.69) is 20.0 Å². The summed E-state index contributed by atoms with van der Waals surface area (Å²) in [5, 5.41) is 0. The molecule has 32 heavy (non-hydrogen) atoms. The molecule has 3 rings (SSSR count). The molecule has 172 valence electrons. The van der Waals surface area contributed by atoms with Crippen LogP contribution in [0, 0.1) is 23.7 Å². The maximum absolute atomic E-state index is 11.5. The van der Waals surface area contributed by atoms with Gasteiger partial charge < -0.3 is 0 Å². The lowest BCUT2D eigenvalue weighted by atomic mass is 9.62. The molecule has 0 aromatic rings. The van der Waals surface area contributed by atoms with Crippen LogP contribution in [0.2, 0.25) is 0 Å². The SMILES string of the molecule is O=C=NC(N=C=O)(C1CCCCC1)C1CCCC(C(N=C=O)(N=C=O)C2CCCCC2)C1. The predicted octanol–water partition coefficient (Wildman–Crippen LogP) is 4.69. The van der Waals surface area contributed by atoms with Crippen molar-refractivity contribution in [2.24, 2.45) is 43.6 Å². The van der Waals surface area contributed by atoms with Gasteiger partial charge in [0.1, 0.15) is 0 Å². The van der Waals surface area contributed by atoms with Crippen molar-refractivity contribution < 1.29 is 19.2 Å². The fourth-order valence-corrected chi connectivity index (χ4v) is 6.76. The Bertz CT molecular complexity index is 732. The summed E-state index contributed by atoms with van der Waals surface area (Å²) in [5.41, 5.74) is -2.40. The van der Waals surface area contributed by atoms with Crippen LogP contribution in [0.1, 0.15) is 89.9 Å². The second kappa shape index (κ2) is 11.4. The average molecular weight is 441 g/mol. The Morgan fingerprint density at radius 3 is 1.06 bits per heavy atom. The number of nitrogens with zero attached hydrogens (tertiary/aromatic N) is 4. The van der Waals surface area contributed by atoms with E-state index in [0.717, 1.165) is 83.5 Å². The Hall–Kier alpha value is -2.48. The molecule has 8 heteroatoms. The number of hydrogen-bond donors (Lipinski definition) is 0. The van der Waals surface area contributed by atoms with E-state index in [0.29, 0.717) is 6.42 Å². The zero-order chi connectivity index (χ0) is 22.9. The molecule has 0 bridgehead atoms. The molecule has 0 N–H and O–H groups in total. The highest BCUT2D eigenvalue weighted by Gasteiger charge is 2.53. The average Bonchev–Trinajstić information content (AvgIpc) is 2.85. The number of hydrogen-bond acceptors (Lipinski definition) is 8. The molecule has 3 fully saturated rings. The van der Waals surface area contributed by atoms with E-state index >= 15 is 0 Å². The van der Waals surface area contributed by atoms with Gasteiger partial charge in [0.2, 0.25) is 24.3 Å². The van der Waals surface area contributed by atoms with Gasteiger partial charge >= 0.3 is 0 Å². The highest BCUT2D eigenvalue weighted by atomic mass is 16.1. The van der Waals surface area contributed by atoms with Gasteiger partial charge in [0.25, 0.3) is 0 Å². The van der Waals surface area contributed by atoms with Gasteiger partial charge in [-0.25, -0.2) is 19.2 Å². The van der Waals surface area contributed by atoms with E-state index in [1.807, 2.05) is 0 Å². The van der Waals surface area contributed by atoms with Crippen LogP contribution in [-0.2, 0) is 19.2 Å². The summed E-state index contributed by atoms with van der Waals surface area (Å²) in [4.78, 5) is 62.6. The molecule has 0 radical (unpaired) electrons. The van der Waals surface area contributed by atoms with Gasteiger partial charge in [0.15, 0.2) is 11.3 Å². The summed E-state index contributed by atoms with van der Waals surface area (Å²) in [5.74, 6) is -0.481. The zero-order valence-electron chi connectivity index (χ0n) is 18.6. The Balaban J connectivity index is 2.01. The first-order valence-corrected chi connectivity index (χ1v) is 12.0. The fraction of sp³-hybridized carbons (Fsp3) is 0.833. The van der Waals surface area contributed by atoms with E-state index in [1.165, 1.54) is 0 Å². The minimum Gasteiger partial charge on any atom is -0.211 e. The van der Waals surface area contributed by atoms with Crippen LogP contribution in [0.15, 0.2) is 20.0 Å². The molecule has 3 saturated carbocycles. The molecule has 3 aliphatic carbocycles. The summed E-state index contributed by atoms with van der Waals surface area (Å²) in [6.07, 6.45) is 19.1. The summed E-state index contributed by atoms with van der Waals surface area (Å²) >= 11 is 0. The molecular weight excluding hydrogens is 408 g/mol. The molecule has 0 amide bonds. The van der Waals surface area contributed by atoms with Crippen LogP contribution in [0.5, 0.6) is 0 Å². The van der Waals surface area contributed by atoms with Crippen molar-refractivity contribution >= 4 is 24.3 Å². The Morgan fingerprint density at radius 2 is 0.750 bits per heavy atom. The molecular formula is C24H32N4O4. The van der Waals surface area contributed by atoms with E-state index in [1.54, 1.807) is 24.3 Å². The molecule has 8 nitrogen and oxygen atoms in total. The Labute approximate surface area is 188 Å². The van der Waals surface area contributed by atoms with Gasteiger partial charge in [-0.3, -0.25) is 0 Å². The Kier molecular flexibility index (Phi) is 8.61. The zero-order valence-corrected chi connectivity index (χ0v) is 18.6. The largest absolute Gasteiger partial charge is 0.237 e. The van der Waals surface area contributed by atoms with E-state index in [-0.39, 0.29) is 23.7 Å². The molecule has 2 atom stereocenters. The molecule has 0 aliphatic heterocycles. The summed E-state index contributed by atoms with van der Waals surface area (Å²) in [6.45, 7) is 0. The second-order valence-electron chi connectivity index (χ2n) is 9.61. The standard InChI is InChI=1S/C24H32N4O4/c29-15-25-23(26-16-30,19-8-3-1-4-9-19)21-12-7-13-22(14-21)24(27-17-31,28-18-32)20-10-5-2-6-11-20/h19-22H,1-14H2. The van der Waals surface area contributed by atoms with Crippen molar-refractivity contribution in [3.8, 4) is 0 Å². The summed E-state index contributed by atoms with van der Waals surface area (Å²) in [6, 6.07) is 0. The van der Waals surface area contributed by atoms with Crippen molar-refractivity contribution in [1.82, 2.24) is 0 Å². The van der Waals surface area contributed by atoms with Gasteiger partial charge in [-0.1, -0.05) is 44.9 Å². The van der Waals surface area contributed by atoms with Crippen LogP contribution >= 0.6 is 0 Å². The smallest absolute Gasteiger partial charge is 0.211 e. The van der Waals surface area contributed by atoms with Crippen molar-refractivity contribution in [3.63, 3.8) is 0 Å². The maximum atomic E-state index is 11.5. The fourth-order valence-electron chi connectivity index (χ4n) is 6.76. The van der Waals surface area contributed by atoms with Gasteiger partial charge in [-0.05, 0) is 44.9 Å². The third-order valence-corrected chi connectivity index (χ3v) is 8.19. The Morgan fingerprint density at radius 1 is 0.438 bits per heavy atom. The van der Waals surface area contributed by atoms with Crippen LogP contribution < -0.4 is 0 Å². The maximum Gasteiger partial charge on any atom is 0.237 e. The van der Waals surface area contributed by atoms with Gasteiger partial charge in [0.05, 0.1) is 0 Å². The summed E-state index contributed by atoms with van der Waals surface area (Å²) in [7, 11) is 0. The van der Waals surface area contributed by atoms with Crippen LogP contribution in [-0.4, -0.2) is 35.6 Å². The topological polar surface area (TPSA) is 118 Å². The lowest BCUT2D eigenvalue weighted by Gasteiger charge is -2.47. The number of rotatable bonds is 8. The monoisotopic (exact) mass is 440 g/mol. The third kappa shape index (κ3) is 4.80. The molecule has 3 aliphatic rings. The highest BCUT2D eigenvalue weighted by molar-refractivity contribution is 5.41. The van der Waals surface area contributed by atoms with Crippen molar-refractivity contribution in [3.05, 3.63) is 0 Å². The molecule has 0 saturated heterocycles. The van der Waals surface area contributed by atoms with Crippen LogP contribution in [0.4, 0.5) is 0 Å². The van der Waals surface area contributed by atoms with Crippen molar-refractivity contribution in [2.75, 3.05) is 0 Å². The lowest BCUT2D eigenvalue weighted by Crippen LogP contribution is -2.50. The van der Waals surface area contributed by atoms with Crippen LogP contribution in [0.3, 0.4) is 0 Å². The van der Waals surface area contributed by atoms with Crippen molar-refractivity contribution in [1.29, 1.82) is 0 Å². The minimum atomic E-state index is -1.20.